The molecule has 4 nitrogen and oxygen atoms in total. The number of nitrogens with one attached hydrogen (secondary N) is 1. The fourth-order valence-corrected chi connectivity index (χ4v) is 3.06. The van der Waals surface area contributed by atoms with Crippen LogP contribution in [0.3, 0.4) is 0 Å². The summed E-state index contributed by atoms with van der Waals surface area (Å²) in [5.41, 5.74) is 6.78. The van der Waals surface area contributed by atoms with Gasteiger partial charge in [-0.15, -0.1) is 0 Å². The molecule has 0 radical (unpaired) electrons. The van der Waals surface area contributed by atoms with Crippen LogP contribution in [0.25, 0.3) is 0 Å². The van der Waals surface area contributed by atoms with Gasteiger partial charge in [0.15, 0.2) is 0 Å². The van der Waals surface area contributed by atoms with Crippen molar-refractivity contribution in [2.75, 3.05) is 31.1 Å². The van der Waals surface area contributed by atoms with Crippen LogP contribution in [-0.2, 0) is 0 Å². The van der Waals surface area contributed by atoms with Crippen LogP contribution in [-0.4, -0.2) is 42.5 Å². The second-order valence-electron chi connectivity index (χ2n) is 6.33. The SMILES string of the molecule is CC1(C)CN(c2ccc(Cl)cc2)CCN1CCCC(=N)N. The molecular weight excluding hydrogens is 284 g/mol. The van der Waals surface area contributed by atoms with Gasteiger partial charge in [0, 0.05) is 42.3 Å². The fraction of sp³-hybridized carbons (Fsp3) is 0.562. The number of hydrogen-bond acceptors (Lipinski definition) is 3. The maximum Gasteiger partial charge on any atom is 0.0905 e. The zero-order chi connectivity index (χ0) is 15.5. The third-order valence-corrected chi connectivity index (χ3v) is 4.39. The van der Waals surface area contributed by atoms with Crippen LogP contribution in [0.15, 0.2) is 24.3 Å². The molecule has 1 aromatic rings. The van der Waals surface area contributed by atoms with Gasteiger partial charge in [0.1, 0.15) is 0 Å². The maximum absolute atomic E-state index is 7.31. The molecular formula is C16H25ClN4. The summed E-state index contributed by atoms with van der Waals surface area (Å²) in [5.74, 6) is 0.285. The summed E-state index contributed by atoms with van der Waals surface area (Å²) in [6.45, 7) is 8.61. The average Bonchev–Trinajstić information content (AvgIpc) is 2.40. The van der Waals surface area contributed by atoms with Gasteiger partial charge in [-0.1, -0.05) is 11.6 Å². The van der Waals surface area contributed by atoms with E-state index in [2.05, 4.69) is 35.8 Å². The second-order valence-corrected chi connectivity index (χ2v) is 6.76. The van der Waals surface area contributed by atoms with Crippen LogP contribution < -0.4 is 10.6 Å². The Bertz CT molecular complexity index is 484. The minimum Gasteiger partial charge on any atom is -0.388 e. The topological polar surface area (TPSA) is 56.4 Å². The van der Waals surface area contributed by atoms with Crippen molar-refractivity contribution in [1.82, 2.24) is 4.90 Å². The Morgan fingerprint density at radius 2 is 1.95 bits per heavy atom. The molecule has 0 aromatic heterocycles. The van der Waals surface area contributed by atoms with E-state index in [0.29, 0.717) is 6.42 Å². The van der Waals surface area contributed by atoms with Gasteiger partial charge in [-0.25, -0.2) is 0 Å². The molecule has 0 aliphatic carbocycles. The highest BCUT2D eigenvalue weighted by molar-refractivity contribution is 6.30. The molecule has 0 atom stereocenters. The molecule has 3 N–H and O–H groups in total. The summed E-state index contributed by atoms with van der Waals surface area (Å²) < 4.78 is 0. The van der Waals surface area contributed by atoms with Gasteiger partial charge in [-0.3, -0.25) is 10.3 Å². The molecule has 1 saturated heterocycles. The Morgan fingerprint density at radius 3 is 2.52 bits per heavy atom. The average molecular weight is 309 g/mol. The lowest BCUT2D eigenvalue weighted by molar-refractivity contribution is 0.104. The number of benzene rings is 1. The molecule has 2 rings (SSSR count). The summed E-state index contributed by atoms with van der Waals surface area (Å²) in [6.07, 6.45) is 1.65. The van der Waals surface area contributed by atoms with Crippen molar-refractivity contribution in [2.24, 2.45) is 5.73 Å². The van der Waals surface area contributed by atoms with Crippen LogP contribution >= 0.6 is 11.6 Å². The van der Waals surface area contributed by atoms with Crippen LogP contribution in [0.4, 0.5) is 5.69 Å². The number of piperazine rings is 1. The number of halogens is 1. The summed E-state index contributed by atoms with van der Waals surface area (Å²) in [6, 6.07) is 8.07. The Balaban J connectivity index is 1.95. The summed E-state index contributed by atoms with van der Waals surface area (Å²) in [5, 5.41) is 8.09. The van der Waals surface area contributed by atoms with Crippen LogP contribution in [0.2, 0.25) is 5.02 Å². The first-order valence-corrected chi connectivity index (χ1v) is 7.85. The maximum atomic E-state index is 7.31. The van der Waals surface area contributed by atoms with Crippen molar-refractivity contribution in [3.8, 4) is 0 Å². The summed E-state index contributed by atoms with van der Waals surface area (Å²) in [4.78, 5) is 4.92. The quantitative estimate of drug-likeness (QED) is 0.649. The normalized spacial score (nSPS) is 18.7. The largest absolute Gasteiger partial charge is 0.388 e. The number of amidine groups is 1. The van der Waals surface area contributed by atoms with E-state index in [4.69, 9.17) is 22.7 Å². The molecule has 0 unspecified atom stereocenters. The molecule has 1 fully saturated rings. The number of rotatable bonds is 5. The Labute approximate surface area is 132 Å². The summed E-state index contributed by atoms with van der Waals surface area (Å²) >= 11 is 5.96. The lowest BCUT2D eigenvalue weighted by Crippen LogP contribution is -2.59. The molecule has 0 amide bonds. The first kappa shape index (κ1) is 16.1. The van der Waals surface area contributed by atoms with E-state index >= 15 is 0 Å². The molecule has 0 bridgehead atoms. The van der Waals surface area contributed by atoms with Crippen LogP contribution in [0.5, 0.6) is 0 Å². The predicted molar refractivity (Wildman–Crippen MR) is 90.5 cm³/mol. The molecule has 1 aromatic carbocycles. The lowest BCUT2D eigenvalue weighted by Gasteiger charge is -2.48. The number of nitrogens with zero attached hydrogens (tertiary/aromatic N) is 2. The van der Waals surface area contributed by atoms with Gasteiger partial charge in [0.05, 0.1) is 5.84 Å². The molecule has 1 aliphatic rings. The monoisotopic (exact) mass is 308 g/mol. The molecule has 0 spiro atoms. The first-order valence-electron chi connectivity index (χ1n) is 7.47. The fourth-order valence-electron chi connectivity index (χ4n) is 2.94. The van der Waals surface area contributed by atoms with Crippen molar-refractivity contribution < 1.29 is 0 Å². The van der Waals surface area contributed by atoms with Gasteiger partial charge in [-0.05, 0) is 51.1 Å². The van der Waals surface area contributed by atoms with E-state index < -0.39 is 0 Å². The molecule has 116 valence electrons. The van der Waals surface area contributed by atoms with E-state index in [1.165, 1.54) is 5.69 Å². The minimum absolute atomic E-state index is 0.120. The van der Waals surface area contributed by atoms with Gasteiger partial charge in [0.2, 0.25) is 0 Å². The number of anilines is 1. The van der Waals surface area contributed by atoms with Gasteiger partial charge >= 0.3 is 0 Å². The highest BCUT2D eigenvalue weighted by atomic mass is 35.5. The zero-order valence-electron chi connectivity index (χ0n) is 12.9. The second kappa shape index (κ2) is 6.67. The predicted octanol–water partition coefficient (Wildman–Crippen LogP) is 2.96. The van der Waals surface area contributed by atoms with Gasteiger partial charge in [0.25, 0.3) is 0 Å². The number of nitrogens with two attached hydrogens (primary N) is 1. The Morgan fingerprint density at radius 1 is 1.29 bits per heavy atom. The highest BCUT2D eigenvalue weighted by Gasteiger charge is 2.33. The van der Waals surface area contributed by atoms with Crippen LogP contribution in [0.1, 0.15) is 26.7 Å². The Kier molecular flexibility index (Phi) is 5.12. The van der Waals surface area contributed by atoms with Crippen molar-refractivity contribution in [1.29, 1.82) is 5.41 Å². The van der Waals surface area contributed by atoms with Crippen molar-refractivity contribution in [2.45, 2.75) is 32.2 Å². The van der Waals surface area contributed by atoms with Crippen molar-refractivity contribution in [3.05, 3.63) is 29.3 Å². The molecule has 5 heteroatoms. The molecule has 21 heavy (non-hydrogen) atoms. The van der Waals surface area contributed by atoms with Gasteiger partial charge < -0.3 is 10.6 Å². The molecule has 1 heterocycles. The third-order valence-electron chi connectivity index (χ3n) is 4.14. The molecule has 1 aliphatic heterocycles. The third kappa shape index (κ3) is 4.35. The minimum atomic E-state index is 0.120. The van der Waals surface area contributed by atoms with Crippen molar-refractivity contribution in [3.63, 3.8) is 0 Å². The first-order chi connectivity index (χ1) is 9.88. The zero-order valence-corrected chi connectivity index (χ0v) is 13.7. The van der Waals surface area contributed by atoms with E-state index in [0.717, 1.165) is 37.6 Å². The lowest BCUT2D eigenvalue weighted by atomic mass is 9.97. The smallest absolute Gasteiger partial charge is 0.0905 e. The summed E-state index contributed by atoms with van der Waals surface area (Å²) in [7, 11) is 0. The standard InChI is InChI=1S/C16H25ClN4/c1-16(2)12-20(14-7-5-13(17)6-8-14)10-11-21(16)9-3-4-15(18)19/h5-8H,3-4,9-12H2,1-2H3,(H3,18,19). The van der Waals surface area contributed by atoms with Crippen LogP contribution in [0, 0.1) is 5.41 Å². The van der Waals surface area contributed by atoms with E-state index in [1.807, 2.05) is 12.1 Å². The Hall–Kier alpha value is -1.26. The highest BCUT2D eigenvalue weighted by Crippen LogP contribution is 2.26. The molecule has 0 saturated carbocycles. The van der Waals surface area contributed by atoms with Crippen molar-refractivity contribution >= 4 is 23.1 Å². The van der Waals surface area contributed by atoms with E-state index in [-0.39, 0.29) is 11.4 Å². The number of hydrogen-bond donors (Lipinski definition) is 2. The van der Waals surface area contributed by atoms with Gasteiger partial charge in [-0.2, -0.15) is 0 Å². The van der Waals surface area contributed by atoms with E-state index in [9.17, 15) is 0 Å². The van der Waals surface area contributed by atoms with E-state index in [1.54, 1.807) is 0 Å².